The van der Waals surface area contributed by atoms with Crippen molar-refractivity contribution in [1.82, 2.24) is 5.32 Å². The summed E-state index contributed by atoms with van der Waals surface area (Å²) >= 11 is 0. The number of aliphatic carboxylic acids is 1. The van der Waals surface area contributed by atoms with Gasteiger partial charge in [-0.25, -0.2) is 0 Å². The average molecular weight is 494 g/mol. The molecule has 194 valence electrons. The standard InChI is InChI=1S/C25H35NO9/c1-18(27)15-20(10-11-24(31)35-17-19-7-4-3-5-8-19)25(32)26-21(16-23(29)30)22(28)9-6-12-34-14-13-33-2/h3-5,7-8,20-21H,6,9-17H2,1-2H3,(H,26,32)(H,29,30)/t20-,21+/m1/s1. The van der Waals surface area contributed by atoms with Crippen LogP contribution in [-0.2, 0) is 44.8 Å². The molecule has 10 nitrogen and oxygen atoms in total. The third kappa shape index (κ3) is 14.0. The number of amides is 1. The highest BCUT2D eigenvalue weighted by Gasteiger charge is 2.28. The first-order valence-electron chi connectivity index (χ1n) is 11.5. The van der Waals surface area contributed by atoms with Crippen molar-refractivity contribution >= 4 is 29.4 Å². The van der Waals surface area contributed by atoms with Crippen LogP contribution in [-0.4, -0.2) is 67.5 Å². The number of carbonyl (C=O) groups is 5. The molecule has 0 aliphatic heterocycles. The van der Waals surface area contributed by atoms with E-state index in [0.717, 1.165) is 5.56 Å². The quantitative estimate of drug-likeness (QED) is 0.218. The zero-order chi connectivity index (χ0) is 26.1. The van der Waals surface area contributed by atoms with Gasteiger partial charge in [0, 0.05) is 38.9 Å². The summed E-state index contributed by atoms with van der Waals surface area (Å²) in [5, 5.41) is 11.6. The van der Waals surface area contributed by atoms with Crippen molar-refractivity contribution in [3.63, 3.8) is 0 Å². The van der Waals surface area contributed by atoms with Crippen molar-refractivity contribution in [2.24, 2.45) is 5.92 Å². The van der Waals surface area contributed by atoms with Crippen LogP contribution in [0.2, 0.25) is 0 Å². The van der Waals surface area contributed by atoms with Crippen molar-refractivity contribution < 1.29 is 43.3 Å². The predicted octanol–water partition coefficient (Wildman–Crippen LogP) is 2.08. The Bertz CT molecular complexity index is 825. The summed E-state index contributed by atoms with van der Waals surface area (Å²) in [6.07, 6.45) is -0.415. The summed E-state index contributed by atoms with van der Waals surface area (Å²) in [7, 11) is 1.54. The molecule has 1 aromatic rings. The third-order valence-electron chi connectivity index (χ3n) is 5.07. The van der Waals surface area contributed by atoms with Gasteiger partial charge in [-0.1, -0.05) is 30.3 Å². The van der Waals surface area contributed by atoms with Gasteiger partial charge < -0.3 is 29.4 Å². The Kier molecular flexibility index (Phi) is 14.8. The number of hydrogen-bond acceptors (Lipinski definition) is 8. The number of methoxy groups -OCH3 is 1. The maximum atomic E-state index is 12.8. The third-order valence-corrected chi connectivity index (χ3v) is 5.07. The van der Waals surface area contributed by atoms with E-state index in [1.165, 1.54) is 6.92 Å². The average Bonchev–Trinajstić information content (AvgIpc) is 2.82. The zero-order valence-electron chi connectivity index (χ0n) is 20.3. The Morgan fingerprint density at radius 2 is 1.69 bits per heavy atom. The topological polar surface area (TPSA) is 145 Å². The number of nitrogens with one attached hydrogen (secondary N) is 1. The van der Waals surface area contributed by atoms with Crippen LogP contribution < -0.4 is 5.32 Å². The van der Waals surface area contributed by atoms with Gasteiger partial charge in [0.15, 0.2) is 5.78 Å². The molecule has 0 aromatic heterocycles. The lowest BCUT2D eigenvalue weighted by Crippen LogP contribution is -2.45. The van der Waals surface area contributed by atoms with Crippen LogP contribution in [0.1, 0.15) is 51.0 Å². The number of carbonyl (C=O) groups excluding carboxylic acids is 4. The van der Waals surface area contributed by atoms with Crippen LogP contribution in [0, 0.1) is 5.92 Å². The molecular weight excluding hydrogens is 458 g/mol. The fourth-order valence-electron chi connectivity index (χ4n) is 3.25. The highest BCUT2D eigenvalue weighted by atomic mass is 16.5. The molecule has 0 saturated heterocycles. The van der Waals surface area contributed by atoms with E-state index in [4.69, 9.17) is 14.2 Å². The first-order valence-corrected chi connectivity index (χ1v) is 11.5. The molecular formula is C25H35NO9. The summed E-state index contributed by atoms with van der Waals surface area (Å²) in [5.74, 6) is -4.02. The Balaban J connectivity index is 2.63. The van der Waals surface area contributed by atoms with Gasteiger partial charge in [0.05, 0.1) is 25.7 Å². The lowest BCUT2D eigenvalue weighted by atomic mass is 9.95. The minimum absolute atomic E-state index is 0.0222. The maximum absolute atomic E-state index is 12.8. The summed E-state index contributed by atoms with van der Waals surface area (Å²) in [4.78, 5) is 60.4. The van der Waals surface area contributed by atoms with Crippen molar-refractivity contribution in [2.45, 2.75) is 58.1 Å². The Labute approximate surface area is 205 Å². The summed E-state index contributed by atoms with van der Waals surface area (Å²) in [6, 6.07) is 7.86. The second-order valence-corrected chi connectivity index (χ2v) is 8.12. The number of carboxylic acid groups (broad SMARTS) is 1. The predicted molar refractivity (Wildman–Crippen MR) is 125 cm³/mol. The number of rotatable bonds is 19. The molecule has 2 N–H and O–H groups in total. The highest BCUT2D eigenvalue weighted by molar-refractivity contribution is 5.93. The molecule has 0 heterocycles. The van der Waals surface area contributed by atoms with Gasteiger partial charge in [-0.05, 0) is 25.3 Å². The molecule has 1 aromatic carbocycles. The first-order chi connectivity index (χ1) is 16.7. The smallest absolute Gasteiger partial charge is 0.306 e. The lowest BCUT2D eigenvalue weighted by molar-refractivity contribution is -0.145. The molecule has 35 heavy (non-hydrogen) atoms. The number of hydrogen-bond donors (Lipinski definition) is 2. The van der Waals surface area contributed by atoms with Gasteiger partial charge in [0.1, 0.15) is 12.4 Å². The van der Waals surface area contributed by atoms with Gasteiger partial charge in [0.2, 0.25) is 5.91 Å². The lowest BCUT2D eigenvalue weighted by Gasteiger charge is -2.20. The van der Waals surface area contributed by atoms with Crippen molar-refractivity contribution in [3.05, 3.63) is 35.9 Å². The van der Waals surface area contributed by atoms with Gasteiger partial charge in [-0.2, -0.15) is 0 Å². The molecule has 0 bridgehead atoms. The minimum Gasteiger partial charge on any atom is -0.481 e. The summed E-state index contributed by atoms with van der Waals surface area (Å²) < 4.78 is 15.4. The van der Waals surface area contributed by atoms with Gasteiger partial charge in [0.25, 0.3) is 0 Å². The Hall–Kier alpha value is -3.11. The fraction of sp³-hybridized carbons (Fsp3) is 0.560. The molecule has 1 amide bonds. The molecule has 0 aliphatic carbocycles. The van der Waals surface area contributed by atoms with E-state index in [0.29, 0.717) is 26.2 Å². The SMILES string of the molecule is COCCOCCCC(=O)[C@H](CC(=O)O)NC(=O)[C@H](CCC(=O)OCc1ccccc1)CC(C)=O. The van der Waals surface area contributed by atoms with Crippen molar-refractivity contribution in [3.8, 4) is 0 Å². The molecule has 0 radical (unpaired) electrons. The summed E-state index contributed by atoms with van der Waals surface area (Å²) in [5.41, 5.74) is 0.818. The normalized spacial score (nSPS) is 12.4. The number of carboxylic acids is 1. The fourth-order valence-corrected chi connectivity index (χ4v) is 3.25. The molecule has 10 heteroatoms. The van der Waals surface area contributed by atoms with Crippen LogP contribution in [0.15, 0.2) is 30.3 Å². The number of benzene rings is 1. The van der Waals surface area contributed by atoms with E-state index in [1.54, 1.807) is 7.11 Å². The molecule has 2 atom stereocenters. The monoisotopic (exact) mass is 493 g/mol. The number of ketones is 2. The second kappa shape index (κ2) is 17.3. The first kappa shape index (κ1) is 29.9. The second-order valence-electron chi connectivity index (χ2n) is 8.12. The highest BCUT2D eigenvalue weighted by Crippen LogP contribution is 2.15. The van der Waals surface area contributed by atoms with Crippen LogP contribution in [0.3, 0.4) is 0 Å². The van der Waals surface area contributed by atoms with Crippen LogP contribution in [0.5, 0.6) is 0 Å². The Morgan fingerprint density at radius 3 is 2.31 bits per heavy atom. The van der Waals surface area contributed by atoms with E-state index >= 15 is 0 Å². The largest absolute Gasteiger partial charge is 0.481 e. The van der Waals surface area contributed by atoms with Gasteiger partial charge in [-0.15, -0.1) is 0 Å². The molecule has 0 fully saturated rings. The van der Waals surface area contributed by atoms with Crippen molar-refractivity contribution in [1.29, 1.82) is 0 Å². The maximum Gasteiger partial charge on any atom is 0.306 e. The number of esters is 1. The number of ether oxygens (including phenoxy) is 3. The van der Waals surface area contributed by atoms with E-state index in [1.807, 2.05) is 30.3 Å². The Morgan fingerprint density at radius 1 is 0.971 bits per heavy atom. The van der Waals surface area contributed by atoms with Gasteiger partial charge in [-0.3, -0.25) is 19.2 Å². The minimum atomic E-state index is -1.24. The number of Topliss-reactive ketones (excluding diaryl/α,β-unsaturated/α-hetero) is 2. The van der Waals surface area contributed by atoms with E-state index < -0.39 is 42.0 Å². The van der Waals surface area contributed by atoms with Crippen LogP contribution in [0.4, 0.5) is 0 Å². The van der Waals surface area contributed by atoms with E-state index in [2.05, 4.69) is 5.32 Å². The van der Waals surface area contributed by atoms with E-state index in [9.17, 15) is 29.1 Å². The van der Waals surface area contributed by atoms with Crippen LogP contribution in [0.25, 0.3) is 0 Å². The molecule has 0 unspecified atom stereocenters. The molecule has 1 rings (SSSR count). The van der Waals surface area contributed by atoms with Crippen molar-refractivity contribution in [2.75, 3.05) is 26.9 Å². The van der Waals surface area contributed by atoms with E-state index in [-0.39, 0.29) is 38.1 Å². The molecule has 0 saturated carbocycles. The zero-order valence-corrected chi connectivity index (χ0v) is 20.3. The molecule has 0 aliphatic rings. The van der Waals surface area contributed by atoms with Crippen LogP contribution >= 0.6 is 0 Å². The van der Waals surface area contributed by atoms with Gasteiger partial charge >= 0.3 is 11.9 Å². The summed E-state index contributed by atoms with van der Waals surface area (Å²) in [6.45, 7) is 2.50. The molecule has 0 spiro atoms.